The molecule has 9 heavy (non-hydrogen) atoms. The molecule has 0 N–H and O–H groups in total. The normalized spacial score (nSPS) is 20.6. The molecule has 0 aromatic rings. The highest BCUT2D eigenvalue weighted by Gasteiger charge is 2.15. The van der Waals surface area contributed by atoms with Crippen LogP contribution in [0.15, 0.2) is 0 Å². The molecule has 0 saturated carbocycles. The van der Waals surface area contributed by atoms with Crippen LogP contribution in [0.5, 0.6) is 0 Å². The van der Waals surface area contributed by atoms with Crippen molar-refractivity contribution >= 4 is 5.91 Å². The molecular formula is C6H11NO2. The van der Waals surface area contributed by atoms with E-state index in [2.05, 4.69) is 0 Å². The number of carbonyl (C=O) groups is 1. The Hall–Kier alpha value is -0.570. The smallest absolute Gasteiger partial charge is 0.226 e. The molecule has 52 valence electrons. The summed E-state index contributed by atoms with van der Waals surface area (Å²) in [4.78, 5) is 12.6. The Kier molecular flexibility index (Phi) is 2.05. The summed E-state index contributed by atoms with van der Waals surface area (Å²) in [5.74, 6) is 0.212. The number of carbonyl (C=O) groups excluding carboxylic acids is 1. The van der Waals surface area contributed by atoms with E-state index >= 15 is 0 Å². The zero-order valence-corrected chi connectivity index (χ0v) is 5.59. The Morgan fingerprint density at radius 2 is 2.56 bits per heavy atom. The van der Waals surface area contributed by atoms with Gasteiger partial charge in [0.1, 0.15) is 6.73 Å². The standard InChI is InChI=1S/C6H11NO2/c1-2-7-5-9-4-3-6(7)8/h2-5H2,1H3. The van der Waals surface area contributed by atoms with E-state index in [9.17, 15) is 4.79 Å². The van der Waals surface area contributed by atoms with Crippen LogP contribution in [0.2, 0.25) is 0 Å². The molecule has 3 heteroatoms. The summed E-state index contributed by atoms with van der Waals surface area (Å²) >= 11 is 0. The molecular weight excluding hydrogens is 118 g/mol. The van der Waals surface area contributed by atoms with Gasteiger partial charge in [-0.2, -0.15) is 0 Å². The summed E-state index contributed by atoms with van der Waals surface area (Å²) in [5, 5.41) is 0. The largest absolute Gasteiger partial charge is 0.361 e. The van der Waals surface area contributed by atoms with Gasteiger partial charge in [0.05, 0.1) is 13.0 Å². The van der Waals surface area contributed by atoms with Gasteiger partial charge in [0.2, 0.25) is 5.91 Å². The SMILES string of the molecule is CCN1COCCC1=O. The Morgan fingerprint density at radius 3 is 3.00 bits per heavy atom. The third-order valence-electron chi connectivity index (χ3n) is 1.44. The first-order valence-electron chi connectivity index (χ1n) is 3.20. The lowest BCUT2D eigenvalue weighted by molar-refractivity contribution is -0.144. The van der Waals surface area contributed by atoms with Crippen LogP contribution in [-0.4, -0.2) is 30.7 Å². The van der Waals surface area contributed by atoms with Gasteiger partial charge in [-0.25, -0.2) is 0 Å². The van der Waals surface area contributed by atoms with Crippen LogP contribution in [0, 0.1) is 0 Å². The molecule has 0 spiro atoms. The number of nitrogens with zero attached hydrogens (tertiary/aromatic N) is 1. The van der Waals surface area contributed by atoms with Gasteiger partial charge in [-0.05, 0) is 6.92 Å². The molecule has 0 aromatic carbocycles. The summed E-state index contributed by atoms with van der Waals surface area (Å²) in [6, 6.07) is 0. The topological polar surface area (TPSA) is 29.5 Å². The van der Waals surface area contributed by atoms with Crippen molar-refractivity contribution in [1.29, 1.82) is 0 Å². The molecule has 0 aromatic heterocycles. The van der Waals surface area contributed by atoms with E-state index in [1.807, 2.05) is 6.92 Å². The summed E-state index contributed by atoms with van der Waals surface area (Å²) in [7, 11) is 0. The van der Waals surface area contributed by atoms with Gasteiger partial charge in [0, 0.05) is 6.54 Å². The summed E-state index contributed by atoms with van der Waals surface area (Å²) in [6.07, 6.45) is 0.549. The van der Waals surface area contributed by atoms with E-state index in [0.717, 1.165) is 6.54 Å². The molecule has 1 aliphatic rings. The van der Waals surface area contributed by atoms with Crippen molar-refractivity contribution in [1.82, 2.24) is 4.90 Å². The van der Waals surface area contributed by atoms with Crippen LogP contribution in [0.4, 0.5) is 0 Å². The van der Waals surface area contributed by atoms with Crippen molar-refractivity contribution in [2.24, 2.45) is 0 Å². The first-order chi connectivity index (χ1) is 4.34. The van der Waals surface area contributed by atoms with Crippen LogP contribution in [0.25, 0.3) is 0 Å². The number of hydrogen-bond donors (Lipinski definition) is 0. The Labute approximate surface area is 54.6 Å². The lowest BCUT2D eigenvalue weighted by Crippen LogP contribution is -2.37. The predicted molar refractivity (Wildman–Crippen MR) is 32.8 cm³/mol. The van der Waals surface area contributed by atoms with Gasteiger partial charge in [-0.1, -0.05) is 0 Å². The average Bonchev–Trinajstić information content (AvgIpc) is 1.89. The van der Waals surface area contributed by atoms with Crippen molar-refractivity contribution in [3.63, 3.8) is 0 Å². The first-order valence-corrected chi connectivity index (χ1v) is 3.20. The minimum atomic E-state index is 0.212. The van der Waals surface area contributed by atoms with E-state index in [-0.39, 0.29) is 5.91 Å². The van der Waals surface area contributed by atoms with Crippen molar-refractivity contribution in [2.75, 3.05) is 19.9 Å². The van der Waals surface area contributed by atoms with Gasteiger partial charge in [-0.3, -0.25) is 4.79 Å². The molecule has 1 aliphatic heterocycles. The molecule has 3 nitrogen and oxygen atoms in total. The maximum atomic E-state index is 10.9. The van der Waals surface area contributed by atoms with Crippen LogP contribution in [-0.2, 0) is 9.53 Å². The van der Waals surface area contributed by atoms with Crippen molar-refractivity contribution in [3.8, 4) is 0 Å². The van der Waals surface area contributed by atoms with Gasteiger partial charge in [0.15, 0.2) is 0 Å². The van der Waals surface area contributed by atoms with Crippen LogP contribution in [0.3, 0.4) is 0 Å². The summed E-state index contributed by atoms with van der Waals surface area (Å²) in [5.41, 5.74) is 0. The number of hydrogen-bond acceptors (Lipinski definition) is 2. The Morgan fingerprint density at radius 1 is 1.78 bits per heavy atom. The number of rotatable bonds is 1. The van der Waals surface area contributed by atoms with E-state index in [4.69, 9.17) is 4.74 Å². The molecule has 1 rings (SSSR count). The minimum absolute atomic E-state index is 0.212. The second-order valence-corrected chi connectivity index (χ2v) is 2.04. The fraction of sp³-hybridized carbons (Fsp3) is 0.833. The summed E-state index contributed by atoms with van der Waals surface area (Å²) < 4.78 is 5.05. The first kappa shape index (κ1) is 6.55. The monoisotopic (exact) mass is 129 g/mol. The maximum absolute atomic E-state index is 10.9. The second-order valence-electron chi connectivity index (χ2n) is 2.04. The highest BCUT2D eigenvalue weighted by Crippen LogP contribution is 2.01. The number of ether oxygens (including phenoxy) is 1. The lowest BCUT2D eigenvalue weighted by atomic mass is 10.3. The average molecular weight is 129 g/mol. The van der Waals surface area contributed by atoms with Crippen molar-refractivity contribution in [3.05, 3.63) is 0 Å². The van der Waals surface area contributed by atoms with Gasteiger partial charge >= 0.3 is 0 Å². The zero-order valence-electron chi connectivity index (χ0n) is 5.59. The minimum Gasteiger partial charge on any atom is -0.361 e. The van der Waals surface area contributed by atoms with Crippen LogP contribution >= 0.6 is 0 Å². The van der Waals surface area contributed by atoms with Crippen LogP contribution < -0.4 is 0 Å². The Bertz CT molecular complexity index is 114. The fourth-order valence-corrected chi connectivity index (χ4v) is 0.832. The van der Waals surface area contributed by atoms with E-state index in [1.165, 1.54) is 0 Å². The molecule has 1 heterocycles. The molecule has 0 radical (unpaired) electrons. The van der Waals surface area contributed by atoms with E-state index in [1.54, 1.807) is 4.90 Å². The maximum Gasteiger partial charge on any atom is 0.226 e. The van der Waals surface area contributed by atoms with Gasteiger partial charge in [-0.15, -0.1) is 0 Å². The molecule has 0 bridgehead atoms. The third kappa shape index (κ3) is 1.42. The highest BCUT2D eigenvalue weighted by atomic mass is 16.5. The predicted octanol–water partition coefficient (Wildman–Crippen LogP) is 0.213. The van der Waals surface area contributed by atoms with E-state index < -0.39 is 0 Å². The molecule has 0 aliphatic carbocycles. The fourth-order valence-electron chi connectivity index (χ4n) is 0.832. The quantitative estimate of drug-likeness (QED) is 0.506. The second kappa shape index (κ2) is 2.82. The van der Waals surface area contributed by atoms with Crippen molar-refractivity contribution < 1.29 is 9.53 Å². The molecule has 1 amide bonds. The molecule has 1 saturated heterocycles. The zero-order chi connectivity index (χ0) is 6.69. The molecule has 1 fully saturated rings. The van der Waals surface area contributed by atoms with Gasteiger partial charge in [0.25, 0.3) is 0 Å². The summed E-state index contributed by atoms with van der Waals surface area (Å²) in [6.45, 7) is 3.79. The molecule has 0 unspecified atom stereocenters. The third-order valence-corrected chi connectivity index (χ3v) is 1.44. The Balaban J connectivity index is 2.39. The van der Waals surface area contributed by atoms with Crippen LogP contribution in [0.1, 0.15) is 13.3 Å². The van der Waals surface area contributed by atoms with E-state index in [0.29, 0.717) is 19.8 Å². The van der Waals surface area contributed by atoms with Crippen molar-refractivity contribution in [2.45, 2.75) is 13.3 Å². The highest BCUT2D eigenvalue weighted by molar-refractivity contribution is 5.76. The number of amides is 1. The van der Waals surface area contributed by atoms with Gasteiger partial charge < -0.3 is 9.64 Å². The molecule has 0 atom stereocenters. The lowest BCUT2D eigenvalue weighted by Gasteiger charge is -2.24.